The average molecular weight is 423 g/mol. The van der Waals surface area contributed by atoms with Crippen LogP contribution in [0.25, 0.3) is 0 Å². The minimum absolute atomic E-state index is 0.0766. The number of ether oxygens (including phenoxy) is 1. The van der Waals surface area contributed by atoms with Gasteiger partial charge in [0.1, 0.15) is 5.75 Å². The summed E-state index contributed by atoms with van der Waals surface area (Å²) in [5, 5.41) is 2.84. The minimum Gasteiger partial charge on any atom is -0.476 e. The second-order valence-electron chi connectivity index (χ2n) is 7.05. The molecule has 1 aliphatic rings. The zero-order chi connectivity index (χ0) is 21.0. The number of anilines is 1. The molecule has 4 rings (SSSR count). The number of nitrogens with zero attached hydrogens (tertiary/aromatic N) is 1. The van der Waals surface area contributed by atoms with Gasteiger partial charge in [-0.3, -0.25) is 9.10 Å². The molecule has 30 heavy (non-hydrogen) atoms. The molecule has 1 amide bonds. The van der Waals surface area contributed by atoms with Crippen LogP contribution < -0.4 is 14.4 Å². The van der Waals surface area contributed by atoms with Crippen molar-refractivity contribution in [2.45, 2.75) is 18.4 Å². The van der Waals surface area contributed by atoms with Gasteiger partial charge >= 0.3 is 0 Å². The lowest BCUT2D eigenvalue weighted by Crippen LogP contribution is -2.50. The molecule has 3 aromatic carbocycles. The Kier molecular flexibility index (Phi) is 5.72. The fourth-order valence-electron chi connectivity index (χ4n) is 3.36. The fraction of sp³-hybridized carbons (Fsp3) is 0.174. The Morgan fingerprint density at radius 1 is 0.900 bits per heavy atom. The van der Waals surface area contributed by atoms with Crippen LogP contribution in [0.3, 0.4) is 0 Å². The third-order valence-electron chi connectivity index (χ3n) is 4.86. The first-order chi connectivity index (χ1) is 14.5. The van der Waals surface area contributed by atoms with Crippen LogP contribution in [-0.4, -0.2) is 27.0 Å². The van der Waals surface area contributed by atoms with E-state index in [9.17, 15) is 13.2 Å². The Hall–Kier alpha value is -3.32. The molecule has 0 spiro atoms. The highest BCUT2D eigenvalue weighted by Crippen LogP contribution is 2.35. The van der Waals surface area contributed by atoms with Gasteiger partial charge in [-0.25, -0.2) is 8.42 Å². The van der Waals surface area contributed by atoms with Crippen molar-refractivity contribution < 1.29 is 17.9 Å². The van der Waals surface area contributed by atoms with Gasteiger partial charge in [-0.1, -0.05) is 72.8 Å². The number of rotatable bonds is 6. The Bertz CT molecular complexity index is 1120. The van der Waals surface area contributed by atoms with E-state index in [4.69, 9.17) is 4.74 Å². The SMILES string of the molecule is O=C(NCc1ccccc1)C1CN(S(=O)(=O)Cc2ccccc2)c2ccccc2O1. The lowest BCUT2D eigenvalue weighted by molar-refractivity contribution is -0.127. The molecular formula is C23H22N2O4S. The van der Waals surface area contributed by atoms with Gasteiger partial charge < -0.3 is 10.1 Å². The molecule has 1 N–H and O–H groups in total. The lowest BCUT2D eigenvalue weighted by Gasteiger charge is -2.34. The molecule has 1 heterocycles. The van der Waals surface area contributed by atoms with Crippen LogP contribution in [0, 0.1) is 0 Å². The van der Waals surface area contributed by atoms with Crippen LogP contribution in [0.4, 0.5) is 5.69 Å². The van der Waals surface area contributed by atoms with Crippen LogP contribution in [0.5, 0.6) is 5.75 Å². The number of fused-ring (bicyclic) bond motifs is 1. The van der Waals surface area contributed by atoms with Crippen molar-refractivity contribution in [2.75, 3.05) is 10.8 Å². The van der Waals surface area contributed by atoms with Gasteiger partial charge in [-0.15, -0.1) is 0 Å². The zero-order valence-corrected chi connectivity index (χ0v) is 17.1. The van der Waals surface area contributed by atoms with Gasteiger partial charge in [-0.2, -0.15) is 0 Å². The maximum absolute atomic E-state index is 13.2. The van der Waals surface area contributed by atoms with Gasteiger partial charge in [0.25, 0.3) is 5.91 Å². The highest BCUT2D eigenvalue weighted by Gasteiger charge is 2.36. The topological polar surface area (TPSA) is 75.7 Å². The average Bonchev–Trinajstić information content (AvgIpc) is 2.77. The zero-order valence-electron chi connectivity index (χ0n) is 16.3. The van der Waals surface area contributed by atoms with Crippen LogP contribution in [-0.2, 0) is 27.1 Å². The van der Waals surface area contributed by atoms with Crippen molar-refractivity contribution >= 4 is 21.6 Å². The maximum atomic E-state index is 13.2. The largest absolute Gasteiger partial charge is 0.476 e. The van der Waals surface area contributed by atoms with Gasteiger partial charge in [0.15, 0.2) is 6.10 Å². The number of amides is 1. The molecule has 0 aliphatic carbocycles. The molecule has 1 atom stereocenters. The van der Waals surface area contributed by atoms with E-state index in [-0.39, 0.29) is 18.2 Å². The first-order valence-corrected chi connectivity index (χ1v) is 11.3. The first-order valence-electron chi connectivity index (χ1n) is 9.64. The summed E-state index contributed by atoms with van der Waals surface area (Å²) < 4.78 is 33.5. The highest BCUT2D eigenvalue weighted by molar-refractivity contribution is 7.92. The molecule has 0 radical (unpaired) electrons. The fourth-order valence-corrected chi connectivity index (χ4v) is 4.95. The summed E-state index contributed by atoms with van der Waals surface area (Å²) in [5.41, 5.74) is 2.09. The van der Waals surface area contributed by atoms with Crippen LogP contribution in [0.2, 0.25) is 0 Å². The highest BCUT2D eigenvalue weighted by atomic mass is 32.2. The lowest BCUT2D eigenvalue weighted by atomic mass is 10.2. The van der Waals surface area contributed by atoms with E-state index in [1.165, 1.54) is 4.31 Å². The molecule has 154 valence electrons. The predicted molar refractivity (Wildman–Crippen MR) is 116 cm³/mol. The van der Waals surface area contributed by atoms with Crippen molar-refractivity contribution in [3.8, 4) is 5.75 Å². The van der Waals surface area contributed by atoms with Gasteiger partial charge in [0, 0.05) is 6.54 Å². The number of hydrogen-bond donors (Lipinski definition) is 1. The summed E-state index contributed by atoms with van der Waals surface area (Å²) in [6.45, 7) is 0.269. The summed E-state index contributed by atoms with van der Waals surface area (Å²) >= 11 is 0. The molecule has 3 aromatic rings. The molecule has 6 nitrogen and oxygen atoms in total. The summed E-state index contributed by atoms with van der Waals surface area (Å²) in [6.07, 6.45) is -0.936. The van der Waals surface area contributed by atoms with Crippen molar-refractivity contribution in [3.05, 3.63) is 96.1 Å². The summed E-state index contributed by atoms with van der Waals surface area (Å²) in [5.74, 6) is -0.130. The van der Waals surface area contributed by atoms with E-state index in [1.807, 2.05) is 36.4 Å². The number of para-hydroxylation sites is 2. The number of hydrogen-bond acceptors (Lipinski definition) is 4. The molecule has 0 fully saturated rings. The number of benzene rings is 3. The summed E-state index contributed by atoms with van der Waals surface area (Å²) in [4.78, 5) is 12.8. The molecule has 0 saturated carbocycles. The van der Waals surface area contributed by atoms with Crippen molar-refractivity contribution in [1.82, 2.24) is 5.32 Å². The van der Waals surface area contributed by atoms with E-state index < -0.39 is 16.1 Å². The standard InChI is InChI=1S/C23H22N2O4S/c26-23(24-15-18-9-3-1-4-10-18)22-16-25(20-13-7-8-14-21(20)29-22)30(27,28)17-19-11-5-2-6-12-19/h1-14,22H,15-17H2,(H,24,26). The molecule has 1 unspecified atom stereocenters. The number of carbonyl (C=O) groups is 1. The number of sulfonamides is 1. The Morgan fingerprint density at radius 2 is 1.50 bits per heavy atom. The van der Waals surface area contributed by atoms with Crippen molar-refractivity contribution in [1.29, 1.82) is 0 Å². The Balaban J connectivity index is 1.55. The Morgan fingerprint density at radius 3 is 2.20 bits per heavy atom. The van der Waals surface area contributed by atoms with E-state index in [0.29, 0.717) is 23.5 Å². The number of carbonyl (C=O) groups excluding carboxylic acids is 1. The second-order valence-corrected chi connectivity index (χ2v) is 8.94. The third-order valence-corrected chi connectivity index (χ3v) is 6.58. The molecule has 0 saturated heterocycles. The summed E-state index contributed by atoms with van der Waals surface area (Å²) in [6, 6.07) is 25.4. The first kappa shape index (κ1) is 20.0. The normalized spacial score (nSPS) is 15.7. The molecular weight excluding hydrogens is 400 g/mol. The van der Waals surface area contributed by atoms with Crippen LogP contribution in [0.15, 0.2) is 84.9 Å². The van der Waals surface area contributed by atoms with E-state index >= 15 is 0 Å². The van der Waals surface area contributed by atoms with Crippen LogP contribution in [0.1, 0.15) is 11.1 Å². The van der Waals surface area contributed by atoms with Crippen LogP contribution >= 0.6 is 0 Å². The second kappa shape index (κ2) is 8.59. The molecule has 7 heteroatoms. The molecule has 0 aromatic heterocycles. The molecule has 0 bridgehead atoms. The van der Waals surface area contributed by atoms with E-state index in [0.717, 1.165) is 5.56 Å². The minimum atomic E-state index is -3.71. The van der Waals surface area contributed by atoms with Gasteiger partial charge in [0.2, 0.25) is 10.0 Å². The van der Waals surface area contributed by atoms with Gasteiger partial charge in [-0.05, 0) is 23.3 Å². The Labute approximate surface area is 176 Å². The smallest absolute Gasteiger partial charge is 0.263 e. The predicted octanol–water partition coefficient (Wildman–Crippen LogP) is 3.10. The van der Waals surface area contributed by atoms with Gasteiger partial charge in [0.05, 0.1) is 18.0 Å². The third kappa shape index (κ3) is 4.46. The van der Waals surface area contributed by atoms with E-state index in [2.05, 4.69) is 5.32 Å². The van der Waals surface area contributed by atoms with Crippen molar-refractivity contribution in [3.63, 3.8) is 0 Å². The summed E-state index contributed by atoms with van der Waals surface area (Å²) in [7, 11) is -3.71. The molecule has 1 aliphatic heterocycles. The monoisotopic (exact) mass is 422 g/mol. The van der Waals surface area contributed by atoms with E-state index in [1.54, 1.807) is 48.5 Å². The van der Waals surface area contributed by atoms with Crippen molar-refractivity contribution in [2.24, 2.45) is 0 Å². The maximum Gasteiger partial charge on any atom is 0.263 e. The quantitative estimate of drug-likeness (QED) is 0.662. The number of nitrogens with one attached hydrogen (secondary N) is 1.